The zero-order valence-electron chi connectivity index (χ0n) is 10.5. The van der Waals surface area contributed by atoms with Gasteiger partial charge in [-0.3, -0.25) is 0 Å². The lowest BCUT2D eigenvalue weighted by Crippen LogP contribution is -1.94. The van der Waals surface area contributed by atoms with E-state index in [4.69, 9.17) is 10.00 Å². The highest BCUT2D eigenvalue weighted by Crippen LogP contribution is 2.12. The minimum atomic E-state index is 0.354. The maximum Gasteiger partial charge on any atom is 0.149 e. The van der Waals surface area contributed by atoms with Gasteiger partial charge in [-0.05, 0) is 29.8 Å². The molecule has 0 aromatic heterocycles. The SMILES string of the molecule is N#CCc1ccc(OCC#Cc2ccccc2)cc1. The highest BCUT2D eigenvalue weighted by atomic mass is 16.5. The highest BCUT2D eigenvalue weighted by molar-refractivity contribution is 5.34. The fourth-order valence-electron chi connectivity index (χ4n) is 1.57. The van der Waals surface area contributed by atoms with Crippen molar-refractivity contribution < 1.29 is 4.74 Å². The van der Waals surface area contributed by atoms with Crippen molar-refractivity contribution in [1.82, 2.24) is 0 Å². The molecule has 0 aliphatic carbocycles. The van der Waals surface area contributed by atoms with Crippen molar-refractivity contribution >= 4 is 0 Å². The molecule has 2 rings (SSSR count). The largest absolute Gasteiger partial charge is 0.481 e. The van der Waals surface area contributed by atoms with E-state index in [-0.39, 0.29) is 0 Å². The van der Waals surface area contributed by atoms with Crippen molar-refractivity contribution in [1.29, 1.82) is 5.26 Å². The first-order chi connectivity index (χ1) is 9.38. The lowest BCUT2D eigenvalue weighted by atomic mass is 10.2. The molecular weight excluding hydrogens is 234 g/mol. The van der Waals surface area contributed by atoms with Crippen LogP contribution in [0.4, 0.5) is 0 Å². The number of benzene rings is 2. The van der Waals surface area contributed by atoms with Crippen LogP contribution in [0, 0.1) is 23.2 Å². The maximum absolute atomic E-state index is 8.57. The fraction of sp³-hybridized carbons (Fsp3) is 0.118. The van der Waals surface area contributed by atoms with Crippen molar-refractivity contribution in [2.24, 2.45) is 0 Å². The van der Waals surface area contributed by atoms with Gasteiger partial charge in [0.15, 0.2) is 0 Å². The van der Waals surface area contributed by atoms with Crippen molar-refractivity contribution in [2.75, 3.05) is 6.61 Å². The molecule has 0 saturated heterocycles. The minimum Gasteiger partial charge on any atom is -0.481 e. The van der Waals surface area contributed by atoms with E-state index < -0.39 is 0 Å². The summed E-state index contributed by atoms with van der Waals surface area (Å²) in [6.45, 7) is 0.354. The van der Waals surface area contributed by atoms with Crippen LogP contribution in [0.5, 0.6) is 5.75 Å². The van der Waals surface area contributed by atoms with Gasteiger partial charge >= 0.3 is 0 Å². The summed E-state index contributed by atoms with van der Waals surface area (Å²) in [4.78, 5) is 0. The molecule has 0 aliphatic rings. The molecule has 0 fully saturated rings. The summed E-state index contributed by atoms with van der Waals surface area (Å²) in [5, 5.41) is 8.57. The van der Waals surface area contributed by atoms with Gasteiger partial charge < -0.3 is 4.74 Å². The first kappa shape index (κ1) is 12.7. The summed E-state index contributed by atoms with van der Waals surface area (Å²) in [7, 11) is 0. The number of nitrogens with zero attached hydrogens (tertiary/aromatic N) is 1. The summed E-state index contributed by atoms with van der Waals surface area (Å²) in [6, 6.07) is 19.4. The number of ether oxygens (including phenoxy) is 1. The molecule has 0 spiro atoms. The van der Waals surface area contributed by atoms with Gasteiger partial charge in [-0.2, -0.15) is 5.26 Å². The van der Waals surface area contributed by atoms with Crippen molar-refractivity contribution in [3.63, 3.8) is 0 Å². The zero-order chi connectivity index (χ0) is 13.3. The second-order valence-corrected chi connectivity index (χ2v) is 3.94. The Kier molecular flexibility index (Phi) is 4.62. The van der Waals surface area contributed by atoms with Gasteiger partial charge in [-0.25, -0.2) is 0 Å². The Hall–Kier alpha value is -2.71. The first-order valence-corrected chi connectivity index (χ1v) is 6.01. The molecule has 19 heavy (non-hydrogen) atoms. The average molecular weight is 247 g/mol. The Morgan fingerprint density at radius 3 is 2.37 bits per heavy atom. The van der Waals surface area contributed by atoms with Gasteiger partial charge in [0.25, 0.3) is 0 Å². The summed E-state index contributed by atoms with van der Waals surface area (Å²) in [5.74, 6) is 6.76. The second-order valence-electron chi connectivity index (χ2n) is 3.94. The fourth-order valence-corrected chi connectivity index (χ4v) is 1.57. The van der Waals surface area contributed by atoms with Crippen LogP contribution < -0.4 is 4.74 Å². The molecule has 0 saturated carbocycles. The highest BCUT2D eigenvalue weighted by Gasteiger charge is 1.93. The molecule has 0 N–H and O–H groups in total. The van der Waals surface area contributed by atoms with E-state index in [0.29, 0.717) is 13.0 Å². The van der Waals surface area contributed by atoms with Crippen LogP contribution in [0.3, 0.4) is 0 Å². The summed E-state index contributed by atoms with van der Waals surface area (Å²) < 4.78 is 5.50. The smallest absolute Gasteiger partial charge is 0.149 e. The molecule has 0 bridgehead atoms. The van der Waals surface area contributed by atoms with Gasteiger partial charge in [-0.1, -0.05) is 42.2 Å². The Labute approximate surface area is 113 Å². The molecule has 2 aromatic carbocycles. The van der Waals surface area contributed by atoms with E-state index in [1.54, 1.807) is 0 Å². The van der Waals surface area contributed by atoms with Gasteiger partial charge in [0.1, 0.15) is 12.4 Å². The normalized spacial score (nSPS) is 9.00. The van der Waals surface area contributed by atoms with Crippen molar-refractivity contribution in [3.8, 4) is 23.7 Å². The molecule has 0 amide bonds. The number of nitriles is 1. The van der Waals surface area contributed by atoms with Crippen LogP contribution in [0.25, 0.3) is 0 Å². The Morgan fingerprint density at radius 2 is 1.68 bits per heavy atom. The summed E-state index contributed by atoms with van der Waals surface area (Å²) in [6.07, 6.45) is 0.425. The molecule has 2 heteroatoms. The van der Waals surface area contributed by atoms with E-state index >= 15 is 0 Å². The van der Waals surface area contributed by atoms with E-state index in [2.05, 4.69) is 17.9 Å². The van der Waals surface area contributed by atoms with Crippen LogP contribution in [-0.2, 0) is 6.42 Å². The quantitative estimate of drug-likeness (QED) is 0.780. The molecule has 0 radical (unpaired) electrons. The predicted molar refractivity (Wildman–Crippen MR) is 74.6 cm³/mol. The van der Waals surface area contributed by atoms with Gasteiger partial charge in [0.05, 0.1) is 12.5 Å². The summed E-state index contributed by atoms with van der Waals surface area (Å²) >= 11 is 0. The minimum absolute atomic E-state index is 0.354. The number of rotatable bonds is 3. The van der Waals surface area contributed by atoms with Gasteiger partial charge in [-0.15, -0.1) is 0 Å². The lowest BCUT2D eigenvalue weighted by molar-refractivity contribution is 0.370. The van der Waals surface area contributed by atoms with Crippen molar-refractivity contribution in [2.45, 2.75) is 6.42 Å². The average Bonchev–Trinajstić information content (AvgIpc) is 2.47. The molecule has 0 aliphatic heterocycles. The van der Waals surface area contributed by atoms with E-state index in [0.717, 1.165) is 16.9 Å². The number of hydrogen-bond donors (Lipinski definition) is 0. The van der Waals surface area contributed by atoms with Crippen LogP contribution in [0.2, 0.25) is 0 Å². The Balaban J connectivity index is 1.86. The van der Waals surface area contributed by atoms with Gasteiger partial charge in [0, 0.05) is 5.56 Å². The molecule has 0 heterocycles. The first-order valence-electron chi connectivity index (χ1n) is 6.01. The Morgan fingerprint density at radius 1 is 0.947 bits per heavy atom. The van der Waals surface area contributed by atoms with Gasteiger partial charge in [0.2, 0.25) is 0 Å². The Bertz CT molecular complexity index is 612. The summed E-state index contributed by atoms with van der Waals surface area (Å²) in [5.41, 5.74) is 1.97. The van der Waals surface area contributed by atoms with Crippen LogP contribution >= 0.6 is 0 Å². The third-order valence-electron chi connectivity index (χ3n) is 2.52. The monoisotopic (exact) mass is 247 g/mol. The van der Waals surface area contributed by atoms with Crippen LogP contribution in [0.15, 0.2) is 54.6 Å². The number of hydrogen-bond acceptors (Lipinski definition) is 2. The van der Waals surface area contributed by atoms with E-state index in [1.165, 1.54) is 0 Å². The molecule has 0 atom stereocenters. The topological polar surface area (TPSA) is 33.0 Å². The van der Waals surface area contributed by atoms with Crippen LogP contribution in [-0.4, -0.2) is 6.61 Å². The second kappa shape index (κ2) is 6.89. The maximum atomic E-state index is 8.57. The van der Waals surface area contributed by atoms with Crippen molar-refractivity contribution in [3.05, 3.63) is 65.7 Å². The zero-order valence-corrected chi connectivity index (χ0v) is 10.5. The van der Waals surface area contributed by atoms with E-state index in [9.17, 15) is 0 Å². The third kappa shape index (κ3) is 4.22. The third-order valence-corrected chi connectivity index (χ3v) is 2.52. The molecule has 92 valence electrons. The van der Waals surface area contributed by atoms with E-state index in [1.807, 2.05) is 54.6 Å². The predicted octanol–water partition coefficient (Wildman–Crippen LogP) is 3.18. The molecule has 2 nitrogen and oxygen atoms in total. The molecule has 2 aromatic rings. The molecular formula is C17H13NO. The lowest BCUT2D eigenvalue weighted by Gasteiger charge is -2.02. The molecule has 0 unspecified atom stereocenters. The van der Waals surface area contributed by atoms with Crippen LogP contribution in [0.1, 0.15) is 11.1 Å². The standard InChI is InChI=1S/C17H13NO/c18-13-12-16-8-10-17(11-9-16)19-14-4-7-15-5-2-1-3-6-15/h1-3,5-6,8-11H,12,14H2.